The Morgan fingerprint density at radius 2 is 1.65 bits per heavy atom. The van der Waals surface area contributed by atoms with Crippen LogP contribution in [0.3, 0.4) is 0 Å². The zero-order valence-corrected chi connectivity index (χ0v) is 14.5. The van der Waals surface area contributed by atoms with Crippen LogP contribution in [0.1, 0.15) is 84.5 Å². The van der Waals surface area contributed by atoms with Crippen LogP contribution >= 0.6 is 0 Å². The fourth-order valence-corrected chi connectivity index (χ4v) is 3.51. The molecule has 2 heteroatoms. The molecule has 0 bridgehead atoms. The van der Waals surface area contributed by atoms with Gasteiger partial charge >= 0.3 is 0 Å². The number of hydrogen-bond donors (Lipinski definition) is 1. The molecule has 0 aliphatic heterocycles. The van der Waals surface area contributed by atoms with Gasteiger partial charge in [0.2, 0.25) is 0 Å². The van der Waals surface area contributed by atoms with Crippen molar-refractivity contribution in [1.82, 2.24) is 10.2 Å². The molecule has 1 atom stereocenters. The molecule has 20 heavy (non-hydrogen) atoms. The molecule has 0 radical (unpaired) electrons. The lowest BCUT2D eigenvalue weighted by Gasteiger charge is -2.44. The average molecular weight is 283 g/mol. The Morgan fingerprint density at radius 3 is 2.25 bits per heavy atom. The van der Waals surface area contributed by atoms with E-state index < -0.39 is 0 Å². The molecule has 1 rings (SSSR count). The third kappa shape index (κ3) is 6.13. The maximum Gasteiger partial charge on any atom is 0.0327 e. The zero-order chi connectivity index (χ0) is 14.8. The molecule has 0 amide bonds. The first-order valence-corrected chi connectivity index (χ1v) is 9.01. The smallest absolute Gasteiger partial charge is 0.0327 e. The average Bonchev–Trinajstić information content (AvgIpc) is 2.46. The van der Waals surface area contributed by atoms with Crippen LogP contribution in [-0.2, 0) is 0 Å². The molecule has 1 unspecified atom stereocenters. The summed E-state index contributed by atoms with van der Waals surface area (Å²) in [5.74, 6) is 0. The maximum atomic E-state index is 3.82. The van der Waals surface area contributed by atoms with Gasteiger partial charge in [0.1, 0.15) is 0 Å². The van der Waals surface area contributed by atoms with Crippen LogP contribution in [0.25, 0.3) is 0 Å². The quantitative estimate of drug-likeness (QED) is 0.590. The minimum atomic E-state index is 0.425. The summed E-state index contributed by atoms with van der Waals surface area (Å²) in [6, 6.07) is 0.676. The van der Waals surface area contributed by atoms with Gasteiger partial charge in [-0.15, -0.1) is 0 Å². The van der Waals surface area contributed by atoms with Gasteiger partial charge in [0.25, 0.3) is 0 Å². The lowest BCUT2D eigenvalue weighted by molar-refractivity contribution is 0.0953. The van der Waals surface area contributed by atoms with E-state index in [2.05, 4.69) is 38.2 Å². The van der Waals surface area contributed by atoms with E-state index in [0.29, 0.717) is 11.6 Å². The van der Waals surface area contributed by atoms with E-state index in [1.807, 2.05) is 0 Å². The predicted molar refractivity (Wildman–Crippen MR) is 90.3 cm³/mol. The minimum absolute atomic E-state index is 0.425. The van der Waals surface area contributed by atoms with Crippen molar-refractivity contribution >= 4 is 0 Å². The Morgan fingerprint density at radius 1 is 1.00 bits per heavy atom. The second-order valence-electron chi connectivity index (χ2n) is 7.16. The fourth-order valence-electron chi connectivity index (χ4n) is 3.51. The highest BCUT2D eigenvalue weighted by Gasteiger charge is 2.33. The van der Waals surface area contributed by atoms with Crippen LogP contribution in [0.4, 0.5) is 0 Å². The SMILES string of the molecule is CCCCCCCC(C)NCC1(N(C)C)CCCCC1. The molecule has 1 aliphatic carbocycles. The Bertz CT molecular complexity index is 232. The van der Waals surface area contributed by atoms with Gasteiger partial charge in [0.15, 0.2) is 0 Å². The molecule has 1 fully saturated rings. The molecule has 120 valence electrons. The highest BCUT2D eigenvalue weighted by molar-refractivity contribution is 4.93. The lowest BCUT2D eigenvalue weighted by Crippen LogP contribution is -2.54. The van der Waals surface area contributed by atoms with Crippen LogP contribution in [0.5, 0.6) is 0 Å². The Kier molecular flexibility index (Phi) is 8.79. The third-order valence-electron chi connectivity index (χ3n) is 5.25. The third-order valence-corrected chi connectivity index (χ3v) is 5.25. The van der Waals surface area contributed by atoms with Crippen molar-refractivity contribution in [3.63, 3.8) is 0 Å². The molecule has 1 saturated carbocycles. The summed E-state index contributed by atoms with van der Waals surface area (Å²) >= 11 is 0. The van der Waals surface area contributed by atoms with Crippen molar-refractivity contribution in [1.29, 1.82) is 0 Å². The van der Waals surface area contributed by atoms with Gasteiger partial charge in [-0.25, -0.2) is 0 Å². The molecule has 0 aromatic carbocycles. The summed E-state index contributed by atoms with van der Waals surface area (Å²) in [6.07, 6.45) is 15.3. The van der Waals surface area contributed by atoms with Gasteiger partial charge in [-0.1, -0.05) is 58.3 Å². The predicted octanol–water partition coefficient (Wildman–Crippen LogP) is 4.59. The van der Waals surface area contributed by atoms with Crippen molar-refractivity contribution in [3.8, 4) is 0 Å². The van der Waals surface area contributed by atoms with Gasteiger partial charge < -0.3 is 10.2 Å². The standard InChI is InChI=1S/C18H38N2/c1-5-6-7-8-10-13-17(2)19-16-18(20(3)4)14-11-9-12-15-18/h17,19H,5-16H2,1-4H3. The topological polar surface area (TPSA) is 15.3 Å². The van der Waals surface area contributed by atoms with E-state index >= 15 is 0 Å². The van der Waals surface area contributed by atoms with Crippen LogP contribution in [0, 0.1) is 0 Å². The molecular formula is C18H38N2. The van der Waals surface area contributed by atoms with Gasteiger partial charge in [-0.05, 0) is 40.3 Å². The van der Waals surface area contributed by atoms with Crippen molar-refractivity contribution in [2.24, 2.45) is 0 Å². The number of nitrogens with zero attached hydrogens (tertiary/aromatic N) is 1. The number of likely N-dealkylation sites (N-methyl/N-ethyl adjacent to an activating group) is 1. The zero-order valence-electron chi connectivity index (χ0n) is 14.5. The Hall–Kier alpha value is -0.0800. The number of unbranched alkanes of at least 4 members (excludes halogenated alkanes) is 4. The summed E-state index contributed by atoms with van der Waals surface area (Å²) in [4.78, 5) is 2.48. The van der Waals surface area contributed by atoms with Crippen LogP contribution in [-0.4, -0.2) is 37.1 Å². The molecule has 0 spiro atoms. The van der Waals surface area contributed by atoms with Crippen molar-refractivity contribution in [3.05, 3.63) is 0 Å². The van der Waals surface area contributed by atoms with Crippen molar-refractivity contribution < 1.29 is 0 Å². The largest absolute Gasteiger partial charge is 0.312 e. The van der Waals surface area contributed by atoms with Crippen LogP contribution < -0.4 is 5.32 Å². The summed E-state index contributed by atoms with van der Waals surface area (Å²) in [5, 5.41) is 3.82. The van der Waals surface area contributed by atoms with Crippen molar-refractivity contribution in [2.75, 3.05) is 20.6 Å². The first-order valence-electron chi connectivity index (χ1n) is 9.01. The molecule has 0 aromatic heterocycles. The van der Waals surface area contributed by atoms with Gasteiger partial charge in [-0.3, -0.25) is 0 Å². The summed E-state index contributed by atoms with van der Waals surface area (Å²) in [7, 11) is 4.53. The molecule has 2 nitrogen and oxygen atoms in total. The Balaban J connectivity index is 2.21. The number of rotatable bonds is 10. The molecule has 0 heterocycles. The maximum absolute atomic E-state index is 3.82. The molecule has 0 aromatic rings. The highest BCUT2D eigenvalue weighted by atomic mass is 15.2. The first kappa shape index (κ1) is 18.0. The van der Waals surface area contributed by atoms with Gasteiger partial charge in [0.05, 0.1) is 0 Å². The fraction of sp³-hybridized carbons (Fsp3) is 1.00. The van der Waals surface area contributed by atoms with E-state index in [-0.39, 0.29) is 0 Å². The Labute approximate surface area is 127 Å². The van der Waals surface area contributed by atoms with E-state index in [9.17, 15) is 0 Å². The van der Waals surface area contributed by atoms with E-state index in [4.69, 9.17) is 0 Å². The second-order valence-corrected chi connectivity index (χ2v) is 7.16. The highest BCUT2D eigenvalue weighted by Crippen LogP contribution is 2.31. The summed E-state index contributed by atoms with van der Waals surface area (Å²) in [6.45, 7) is 5.83. The van der Waals surface area contributed by atoms with Crippen LogP contribution in [0.15, 0.2) is 0 Å². The second kappa shape index (κ2) is 9.78. The summed E-state index contributed by atoms with van der Waals surface area (Å²) in [5.41, 5.74) is 0.425. The lowest BCUT2D eigenvalue weighted by atomic mass is 9.80. The minimum Gasteiger partial charge on any atom is -0.312 e. The van der Waals surface area contributed by atoms with E-state index in [0.717, 1.165) is 0 Å². The normalized spacial score (nSPS) is 20.2. The van der Waals surface area contributed by atoms with Gasteiger partial charge in [-0.2, -0.15) is 0 Å². The number of hydrogen-bond acceptors (Lipinski definition) is 2. The van der Waals surface area contributed by atoms with E-state index in [1.54, 1.807) is 0 Å². The van der Waals surface area contributed by atoms with Crippen LogP contribution in [0.2, 0.25) is 0 Å². The molecule has 1 N–H and O–H groups in total. The van der Waals surface area contributed by atoms with Gasteiger partial charge in [0, 0.05) is 18.1 Å². The monoisotopic (exact) mass is 282 g/mol. The van der Waals surface area contributed by atoms with E-state index in [1.165, 1.54) is 77.2 Å². The van der Waals surface area contributed by atoms with Crippen molar-refractivity contribution in [2.45, 2.75) is 96.1 Å². The molecule has 1 aliphatic rings. The summed E-state index contributed by atoms with van der Waals surface area (Å²) < 4.78 is 0. The number of nitrogens with one attached hydrogen (secondary N) is 1. The molecular weight excluding hydrogens is 244 g/mol. The first-order chi connectivity index (χ1) is 9.60. The molecule has 0 saturated heterocycles.